The van der Waals surface area contributed by atoms with Crippen molar-refractivity contribution in [2.75, 3.05) is 5.75 Å². The highest BCUT2D eigenvalue weighted by atomic mass is 32.2. The zero-order chi connectivity index (χ0) is 14.0. The van der Waals surface area contributed by atoms with Crippen LogP contribution in [0.4, 0.5) is 8.78 Å². The van der Waals surface area contributed by atoms with Crippen LogP contribution in [0.1, 0.15) is 5.56 Å². The Morgan fingerprint density at radius 2 is 2.16 bits per heavy atom. The highest BCUT2D eigenvalue weighted by Gasteiger charge is 2.13. The van der Waals surface area contributed by atoms with Gasteiger partial charge in [0.05, 0.1) is 11.4 Å². The Balaban J connectivity index is 2.40. The standard InChI is InChI=1S/C12H10F2N2O2S/c1-7-4-9(14)10(5-8(7)13)16-3-2-15-12(16)19-6-11(17)18/h2-5H,6H2,1H3,(H,17,18). The van der Waals surface area contributed by atoms with Gasteiger partial charge in [-0.15, -0.1) is 0 Å². The minimum Gasteiger partial charge on any atom is -0.481 e. The summed E-state index contributed by atoms with van der Waals surface area (Å²) >= 11 is 0.939. The van der Waals surface area contributed by atoms with Crippen LogP contribution in [0.25, 0.3) is 5.69 Å². The molecule has 0 unspecified atom stereocenters. The lowest BCUT2D eigenvalue weighted by atomic mass is 10.2. The Kier molecular flexibility index (Phi) is 3.84. The van der Waals surface area contributed by atoms with Gasteiger partial charge in [0.2, 0.25) is 0 Å². The number of hydrogen-bond donors (Lipinski definition) is 1. The second-order valence-electron chi connectivity index (χ2n) is 3.82. The third-order valence-corrected chi connectivity index (χ3v) is 3.37. The SMILES string of the molecule is Cc1cc(F)c(-n2ccnc2SCC(=O)O)cc1F. The summed E-state index contributed by atoms with van der Waals surface area (Å²) in [6, 6.07) is 2.16. The van der Waals surface area contributed by atoms with Gasteiger partial charge in [0, 0.05) is 18.5 Å². The Bertz CT molecular complexity index is 628. The van der Waals surface area contributed by atoms with Crippen molar-refractivity contribution in [1.82, 2.24) is 9.55 Å². The Morgan fingerprint density at radius 3 is 2.84 bits per heavy atom. The molecule has 1 aromatic carbocycles. The fraction of sp³-hybridized carbons (Fsp3) is 0.167. The fourth-order valence-corrected chi connectivity index (χ4v) is 2.21. The molecule has 1 N–H and O–H groups in total. The van der Waals surface area contributed by atoms with Gasteiger partial charge in [0.25, 0.3) is 0 Å². The van der Waals surface area contributed by atoms with E-state index in [0.29, 0.717) is 5.16 Å². The number of hydrogen-bond acceptors (Lipinski definition) is 3. The van der Waals surface area contributed by atoms with Crippen molar-refractivity contribution in [1.29, 1.82) is 0 Å². The van der Waals surface area contributed by atoms with E-state index in [9.17, 15) is 13.6 Å². The molecule has 2 rings (SSSR count). The van der Waals surface area contributed by atoms with Crippen LogP contribution in [-0.2, 0) is 4.79 Å². The summed E-state index contributed by atoms with van der Waals surface area (Å²) in [5, 5.41) is 8.91. The van der Waals surface area contributed by atoms with Crippen molar-refractivity contribution in [2.24, 2.45) is 0 Å². The fourth-order valence-electron chi connectivity index (χ4n) is 1.53. The maximum atomic E-state index is 13.8. The average molecular weight is 284 g/mol. The number of carboxylic acids is 1. The molecule has 0 bridgehead atoms. The Labute approximate surface area is 112 Å². The molecular weight excluding hydrogens is 274 g/mol. The second kappa shape index (κ2) is 5.40. The molecule has 0 spiro atoms. The zero-order valence-corrected chi connectivity index (χ0v) is 10.7. The molecule has 0 radical (unpaired) electrons. The summed E-state index contributed by atoms with van der Waals surface area (Å²) in [6.45, 7) is 1.47. The largest absolute Gasteiger partial charge is 0.481 e. The molecule has 2 aromatic rings. The van der Waals surface area contributed by atoms with Crippen molar-refractivity contribution in [3.05, 3.63) is 41.7 Å². The quantitative estimate of drug-likeness (QED) is 0.877. The Hall–Kier alpha value is -1.89. The first kappa shape index (κ1) is 13.5. The summed E-state index contributed by atoms with van der Waals surface area (Å²) in [6.07, 6.45) is 2.86. The summed E-state index contributed by atoms with van der Waals surface area (Å²) in [4.78, 5) is 14.4. The van der Waals surface area contributed by atoms with Crippen molar-refractivity contribution in [3.8, 4) is 5.69 Å². The van der Waals surface area contributed by atoms with E-state index in [-0.39, 0.29) is 17.0 Å². The molecule has 0 aliphatic carbocycles. The van der Waals surface area contributed by atoms with Gasteiger partial charge in [0.1, 0.15) is 11.6 Å². The van der Waals surface area contributed by atoms with Gasteiger partial charge in [-0.3, -0.25) is 9.36 Å². The van der Waals surface area contributed by atoms with Crippen LogP contribution in [0.2, 0.25) is 0 Å². The van der Waals surface area contributed by atoms with E-state index in [1.807, 2.05) is 0 Å². The van der Waals surface area contributed by atoms with E-state index < -0.39 is 17.6 Å². The molecule has 0 fully saturated rings. The number of aromatic nitrogens is 2. The number of aliphatic carboxylic acids is 1. The number of imidazole rings is 1. The van der Waals surface area contributed by atoms with Crippen molar-refractivity contribution >= 4 is 17.7 Å². The lowest BCUT2D eigenvalue weighted by Crippen LogP contribution is -2.03. The van der Waals surface area contributed by atoms with Gasteiger partial charge >= 0.3 is 5.97 Å². The second-order valence-corrected chi connectivity index (χ2v) is 4.76. The monoisotopic (exact) mass is 284 g/mol. The van der Waals surface area contributed by atoms with Crippen LogP contribution in [0, 0.1) is 18.6 Å². The zero-order valence-electron chi connectivity index (χ0n) is 9.93. The molecule has 0 aliphatic rings. The van der Waals surface area contributed by atoms with E-state index in [1.54, 1.807) is 0 Å². The van der Waals surface area contributed by atoms with Crippen molar-refractivity contribution in [3.63, 3.8) is 0 Å². The van der Waals surface area contributed by atoms with E-state index in [1.165, 1.54) is 23.9 Å². The van der Waals surface area contributed by atoms with E-state index in [0.717, 1.165) is 23.9 Å². The number of benzene rings is 1. The van der Waals surface area contributed by atoms with E-state index in [2.05, 4.69) is 4.98 Å². The molecule has 1 aromatic heterocycles. The van der Waals surface area contributed by atoms with Crippen LogP contribution in [-0.4, -0.2) is 26.4 Å². The molecule has 4 nitrogen and oxygen atoms in total. The molecule has 0 aliphatic heterocycles. The average Bonchev–Trinajstić information content (AvgIpc) is 2.79. The first-order chi connectivity index (χ1) is 8.99. The highest BCUT2D eigenvalue weighted by molar-refractivity contribution is 7.99. The molecule has 1 heterocycles. The van der Waals surface area contributed by atoms with Crippen LogP contribution < -0.4 is 0 Å². The third-order valence-electron chi connectivity index (χ3n) is 2.42. The number of aryl methyl sites for hydroxylation is 1. The van der Waals surface area contributed by atoms with Crippen molar-refractivity contribution < 1.29 is 18.7 Å². The third kappa shape index (κ3) is 2.93. The van der Waals surface area contributed by atoms with Crippen LogP contribution in [0.3, 0.4) is 0 Å². The number of nitrogens with zero attached hydrogens (tertiary/aromatic N) is 2. The minimum absolute atomic E-state index is 0.00786. The van der Waals surface area contributed by atoms with Crippen molar-refractivity contribution in [2.45, 2.75) is 12.1 Å². The molecule has 19 heavy (non-hydrogen) atoms. The maximum absolute atomic E-state index is 13.8. The number of thioether (sulfide) groups is 1. The summed E-state index contributed by atoms with van der Waals surface area (Å²) in [7, 11) is 0. The van der Waals surface area contributed by atoms with Crippen LogP contribution >= 0.6 is 11.8 Å². The molecule has 0 saturated heterocycles. The lowest BCUT2D eigenvalue weighted by Gasteiger charge is -2.09. The van der Waals surface area contributed by atoms with E-state index >= 15 is 0 Å². The highest BCUT2D eigenvalue weighted by Crippen LogP contribution is 2.24. The molecule has 0 atom stereocenters. The van der Waals surface area contributed by atoms with Gasteiger partial charge in [-0.2, -0.15) is 0 Å². The lowest BCUT2D eigenvalue weighted by molar-refractivity contribution is -0.133. The Morgan fingerprint density at radius 1 is 1.42 bits per heavy atom. The van der Waals surface area contributed by atoms with Gasteiger partial charge < -0.3 is 5.11 Å². The predicted octanol–water partition coefficient (Wildman–Crippen LogP) is 2.64. The molecule has 7 heteroatoms. The summed E-state index contributed by atoms with van der Waals surface area (Å²) < 4.78 is 28.7. The topological polar surface area (TPSA) is 55.1 Å². The van der Waals surface area contributed by atoms with Crippen LogP contribution in [0.15, 0.2) is 29.7 Å². The van der Waals surface area contributed by atoms with Gasteiger partial charge in [-0.25, -0.2) is 13.8 Å². The van der Waals surface area contributed by atoms with Crippen LogP contribution in [0.5, 0.6) is 0 Å². The molecular formula is C12H10F2N2O2S. The smallest absolute Gasteiger partial charge is 0.313 e. The number of carbonyl (C=O) groups is 1. The normalized spacial score (nSPS) is 10.7. The van der Waals surface area contributed by atoms with Gasteiger partial charge in [-0.05, 0) is 18.6 Å². The first-order valence-electron chi connectivity index (χ1n) is 5.33. The summed E-state index contributed by atoms with van der Waals surface area (Å²) in [5.41, 5.74) is 0.217. The summed E-state index contributed by atoms with van der Waals surface area (Å²) in [5.74, 6) is -2.32. The van der Waals surface area contributed by atoms with Gasteiger partial charge in [0.15, 0.2) is 5.16 Å². The minimum atomic E-state index is -1.00. The van der Waals surface area contributed by atoms with Gasteiger partial charge in [-0.1, -0.05) is 11.8 Å². The maximum Gasteiger partial charge on any atom is 0.313 e. The van der Waals surface area contributed by atoms with E-state index in [4.69, 9.17) is 5.11 Å². The molecule has 0 amide bonds. The predicted molar refractivity (Wildman–Crippen MR) is 66.6 cm³/mol. The first-order valence-corrected chi connectivity index (χ1v) is 6.31. The number of rotatable bonds is 4. The number of halogens is 2. The number of carboxylic acid groups (broad SMARTS) is 1. The molecule has 100 valence electrons. The molecule has 0 saturated carbocycles.